The number of rotatable bonds is 2. The van der Waals surface area contributed by atoms with Gasteiger partial charge in [0, 0.05) is 0 Å². The Morgan fingerprint density at radius 3 is 1.14 bits per heavy atom. The fourth-order valence-corrected chi connectivity index (χ4v) is 12.7. The normalized spacial score (nSPS) is 12.8. The Labute approximate surface area is 382 Å². The second-order valence-electron chi connectivity index (χ2n) is 19.8. The highest BCUT2D eigenvalue weighted by Crippen LogP contribution is 2.57. The lowest BCUT2D eigenvalue weighted by atomic mass is 9.79. The molecule has 0 unspecified atom stereocenters. The van der Waals surface area contributed by atoms with E-state index in [4.69, 9.17) is 0 Å². The average Bonchev–Trinajstić information content (AvgIpc) is 3.67. The molecule has 0 atom stereocenters. The van der Waals surface area contributed by atoms with Crippen LogP contribution in [-0.4, -0.2) is 0 Å². The van der Waals surface area contributed by atoms with Crippen LogP contribution in [0.1, 0.15) is 26.3 Å². The van der Waals surface area contributed by atoms with E-state index < -0.39 is 0 Å². The molecule has 0 N–H and O–H groups in total. The molecule has 0 amide bonds. The summed E-state index contributed by atoms with van der Waals surface area (Å²) < 4.78 is 0. The zero-order chi connectivity index (χ0) is 43.6. The van der Waals surface area contributed by atoms with E-state index in [1.807, 2.05) is 0 Å². The lowest BCUT2D eigenvalue weighted by Crippen LogP contribution is -2.11. The number of benzene rings is 14. The van der Waals surface area contributed by atoms with Gasteiger partial charge in [-0.25, -0.2) is 0 Å². The summed E-state index contributed by atoms with van der Waals surface area (Å²) in [5, 5.41) is 26.2. The van der Waals surface area contributed by atoms with Crippen LogP contribution in [0.25, 0.3) is 152 Å². The maximum absolute atomic E-state index is 2.59. The highest BCUT2D eigenvalue weighted by Gasteiger charge is 2.30. The van der Waals surface area contributed by atoms with Gasteiger partial charge in [0.25, 0.3) is 0 Å². The molecular weight excluding hydrogens is 793 g/mol. The molecule has 0 aromatic heterocycles. The minimum absolute atomic E-state index is 0.0339. The first-order valence-corrected chi connectivity index (χ1v) is 23.4. The zero-order valence-electron chi connectivity index (χ0n) is 37.1. The van der Waals surface area contributed by atoms with Crippen LogP contribution >= 0.6 is 0 Å². The van der Waals surface area contributed by atoms with Crippen LogP contribution in [-0.2, 0) is 5.41 Å². The SMILES string of the molecule is CC(C)(C)c1ccc2c3ccc4c5c(ccc(c6cccc1c62)c53)-c1cc2c(-c3cccc5ccccc35)c3c5ccccc5c5ccccc5c3c(-c3cccc5ccccc35)c2cc1-4. The lowest BCUT2D eigenvalue weighted by Gasteiger charge is -2.24. The summed E-state index contributed by atoms with van der Waals surface area (Å²) in [5.74, 6) is 0. The van der Waals surface area contributed by atoms with Crippen LogP contribution in [0.15, 0.2) is 200 Å². The standard InChI is InChI=1S/C66H42/c1-66(2,3)58-34-33-48-50-30-32-52-55-36-57-56(35-54(55)51-31-29-49(60(50)61(51)52)47-27-14-28-53(58)59(47)48)62(43-25-12-17-37-15-4-6-19-39(37)43)64-45-23-10-8-21-41(45)42-22-9-11-24-46(42)65(64)63(57)44-26-13-18-38-16-5-7-20-40(38)44/h4-36H,1-3H3. The summed E-state index contributed by atoms with van der Waals surface area (Å²) in [4.78, 5) is 0. The third-order valence-corrected chi connectivity index (χ3v) is 15.4. The van der Waals surface area contributed by atoms with Gasteiger partial charge in [0.2, 0.25) is 0 Å². The first kappa shape index (κ1) is 36.3. The van der Waals surface area contributed by atoms with E-state index >= 15 is 0 Å². The minimum Gasteiger partial charge on any atom is -0.0616 e. The molecule has 0 heterocycles. The molecule has 0 fully saturated rings. The van der Waals surface area contributed by atoms with Gasteiger partial charge in [0.1, 0.15) is 0 Å². The molecule has 0 aliphatic heterocycles. The van der Waals surface area contributed by atoms with Gasteiger partial charge >= 0.3 is 0 Å². The minimum atomic E-state index is 0.0339. The van der Waals surface area contributed by atoms with Crippen molar-refractivity contribution in [1.29, 1.82) is 0 Å². The Balaban J connectivity index is 1.17. The van der Waals surface area contributed by atoms with Gasteiger partial charge in [0.05, 0.1) is 0 Å². The number of hydrogen-bond donors (Lipinski definition) is 0. The van der Waals surface area contributed by atoms with Crippen molar-refractivity contribution in [3.63, 3.8) is 0 Å². The van der Waals surface area contributed by atoms with E-state index in [0.29, 0.717) is 0 Å². The molecule has 0 radical (unpaired) electrons. The molecule has 14 aromatic carbocycles. The summed E-state index contributed by atoms with van der Waals surface area (Å²) >= 11 is 0. The van der Waals surface area contributed by atoms with Crippen molar-refractivity contribution in [3.05, 3.63) is 206 Å². The van der Waals surface area contributed by atoms with Crippen LogP contribution in [0.3, 0.4) is 0 Å². The summed E-state index contributed by atoms with van der Waals surface area (Å²) in [6.45, 7) is 7.01. The van der Waals surface area contributed by atoms with Crippen molar-refractivity contribution in [1.82, 2.24) is 0 Å². The largest absolute Gasteiger partial charge is 0.0616 e. The van der Waals surface area contributed by atoms with Gasteiger partial charge in [-0.15, -0.1) is 0 Å². The fourth-order valence-electron chi connectivity index (χ4n) is 12.7. The molecule has 0 saturated carbocycles. The molecule has 1 aliphatic rings. The Hall–Kier alpha value is -8.06. The summed E-state index contributed by atoms with van der Waals surface area (Å²) in [5.41, 5.74) is 11.8. The second-order valence-corrected chi connectivity index (χ2v) is 19.8. The van der Waals surface area contributed by atoms with Crippen LogP contribution in [0.5, 0.6) is 0 Å². The predicted molar refractivity (Wildman–Crippen MR) is 287 cm³/mol. The highest BCUT2D eigenvalue weighted by atomic mass is 14.3. The van der Waals surface area contributed by atoms with Crippen LogP contribution < -0.4 is 0 Å². The predicted octanol–water partition coefficient (Wildman–Crippen LogP) is 18.9. The average molecular weight is 835 g/mol. The summed E-state index contributed by atoms with van der Waals surface area (Å²) in [7, 11) is 0. The van der Waals surface area contributed by atoms with Crippen molar-refractivity contribution < 1.29 is 0 Å². The molecule has 306 valence electrons. The van der Waals surface area contributed by atoms with Gasteiger partial charge in [-0.1, -0.05) is 209 Å². The van der Waals surface area contributed by atoms with Gasteiger partial charge in [-0.2, -0.15) is 0 Å². The second kappa shape index (κ2) is 12.8. The van der Waals surface area contributed by atoms with E-state index in [1.54, 1.807) is 0 Å². The van der Waals surface area contributed by atoms with E-state index in [-0.39, 0.29) is 5.41 Å². The lowest BCUT2D eigenvalue weighted by molar-refractivity contribution is 0.596. The van der Waals surface area contributed by atoms with Crippen molar-refractivity contribution in [3.8, 4) is 44.5 Å². The maximum Gasteiger partial charge on any atom is -0.000741 e. The van der Waals surface area contributed by atoms with Crippen molar-refractivity contribution in [2.24, 2.45) is 0 Å². The Bertz CT molecular complexity index is 4230. The highest BCUT2D eigenvalue weighted by molar-refractivity contribution is 6.41. The molecule has 66 heavy (non-hydrogen) atoms. The number of hydrogen-bond acceptors (Lipinski definition) is 0. The smallest absolute Gasteiger partial charge is 0.000741 e. The summed E-state index contributed by atoms with van der Waals surface area (Å²) in [6, 6.07) is 76.6. The molecule has 0 heteroatoms. The molecule has 0 bridgehead atoms. The zero-order valence-corrected chi connectivity index (χ0v) is 37.1. The molecule has 0 spiro atoms. The molecular formula is C66H42. The topological polar surface area (TPSA) is 0 Å². The first-order chi connectivity index (χ1) is 32.4. The third kappa shape index (κ3) is 4.63. The third-order valence-electron chi connectivity index (χ3n) is 15.4. The van der Waals surface area contributed by atoms with E-state index in [9.17, 15) is 0 Å². The quantitative estimate of drug-likeness (QED) is 0.120. The summed E-state index contributed by atoms with van der Waals surface area (Å²) in [6.07, 6.45) is 0. The van der Waals surface area contributed by atoms with Crippen LogP contribution in [0.2, 0.25) is 0 Å². The maximum atomic E-state index is 2.59. The number of fused-ring (bicyclic) bond motifs is 14. The molecule has 1 aliphatic carbocycles. The van der Waals surface area contributed by atoms with Crippen LogP contribution in [0, 0.1) is 0 Å². The molecule has 0 saturated heterocycles. The van der Waals surface area contributed by atoms with E-state index in [2.05, 4.69) is 221 Å². The molecule has 14 aromatic rings. The Kier molecular flexibility index (Phi) is 7.04. The van der Waals surface area contributed by atoms with Gasteiger partial charge in [-0.3, -0.25) is 0 Å². The van der Waals surface area contributed by atoms with E-state index in [0.717, 1.165) is 0 Å². The molecule has 15 rings (SSSR count). The first-order valence-electron chi connectivity index (χ1n) is 23.4. The van der Waals surface area contributed by atoms with Crippen molar-refractivity contribution in [2.75, 3.05) is 0 Å². The van der Waals surface area contributed by atoms with E-state index in [1.165, 1.54) is 158 Å². The van der Waals surface area contributed by atoms with Crippen molar-refractivity contribution in [2.45, 2.75) is 26.2 Å². The van der Waals surface area contributed by atoms with Crippen molar-refractivity contribution >= 4 is 108 Å². The molecule has 0 nitrogen and oxygen atoms in total. The van der Waals surface area contributed by atoms with Crippen LogP contribution in [0.4, 0.5) is 0 Å². The fraction of sp³-hybridized carbons (Fsp3) is 0.0606. The van der Waals surface area contributed by atoms with Gasteiger partial charge in [0.15, 0.2) is 0 Å². The van der Waals surface area contributed by atoms with Gasteiger partial charge in [-0.05, 0) is 175 Å². The monoisotopic (exact) mass is 834 g/mol. The van der Waals surface area contributed by atoms with Gasteiger partial charge < -0.3 is 0 Å². The Morgan fingerprint density at radius 1 is 0.227 bits per heavy atom. The Morgan fingerprint density at radius 2 is 0.606 bits per heavy atom.